The molecule has 84 valence electrons. The molecule has 4 nitrogen and oxygen atoms in total. The van der Waals surface area contributed by atoms with E-state index in [-0.39, 0.29) is 0 Å². The lowest BCUT2D eigenvalue weighted by molar-refractivity contribution is 0.421. The second-order valence-electron chi connectivity index (χ2n) is 4.04. The molecule has 1 aliphatic rings. The van der Waals surface area contributed by atoms with Gasteiger partial charge in [0.25, 0.3) is 0 Å². The molecule has 1 aliphatic heterocycles. The zero-order chi connectivity index (χ0) is 11.7. The maximum Gasteiger partial charge on any atom is 0.249 e. The summed E-state index contributed by atoms with van der Waals surface area (Å²) in [6, 6.07) is 10.3. The van der Waals surface area contributed by atoms with Crippen LogP contribution < -0.4 is 4.90 Å². The molecule has 2 aromatic rings. The van der Waals surface area contributed by atoms with E-state index >= 15 is 0 Å². The molecule has 0 atom stereocenters. The predicted molar refractivity (Wildman–Crippen MR) is 63.0 cm³/mol. The van der Waals surface area contributed by atoms with Gasteiger partial charge in [0.1, 0.15) is 11.6 Å². The van der Waals surface area contributed by atoms with Crippen LogP contribution in [0.25, 0.3) is 0 Å². The van der Waals surface area contributed by atoms with Gasteiger partial charge >= 0.3 is 0 Å². The Kier molecular flexibility index (Phi) is 2.30. The van der Waals surface area contributed by atoms with Crippen LogP contribution in [-0.2, 0) is 6.42 Å². The van der Waals surface area contributed by atoms with E-state index in [0.29, 0.717) is 11.4 Å². The molecular weight excluding hydrogens is 214 g/mol. The van der Waals surface area contributed by atoms with Gasteiger partial charge in [-0.25, -0.2) is 0 Å². The highest BCUT2D eigenvalue weighted by molar-refractivity contribution is 5.67. The van der Waals surface area contributed by atoms with Crippen LogP contribution >= 0.6 is 0 Å². The highest BCUT2D eigenvalue weighted by Crippen LogP contribution is 2.34. The Labute approximate surface area is 99.1 Å². The average molecular weight is 225 g/mol. The minimum atomic E-state index is 0.488. The van der Waals surface area contributed by atoms with Crippen LogP contribution in [0.2, 0.25) is 0 Å². The van der Waals surface area contributed by atoms with Crippen molar-refractivity contribution in [3.63, 3.8) is 0 Å². The highest BCUT2D eigenvalue weighted by atomic mass is 16.5. The number of hydrogen-bond donors (Lipinski definition) is 0. The maximum absolute atomic E-state index is 9.01. The van der Waals surface area contributed by atoms with E-state index in [2.05, 4.69) is 23.4 Å². The summed E-state index contributed by atoms with van der Waals surface area (Å²) in [5, 5.41) is 12.7. The van der Waals surface area contributed by atoms with Crippen molar-refractivity contribution in [3.8, 4) is 6.07 Å². The summed E-state index contributed by atoms with van der Waals surface area (Å²) < 4.78 is 5.21. The molecule has 0 saturated heterocycles. The van der Waals surface area contributed by atoms with Gasteiger partial charge in [0, 0.05) is 12.2 Å². The van der Waals surface area contributed by atoms with Gasteiger partial charge in [0.05, 0.1) is 6.20 Å². The third kappa shape index (κ3) is 1.56. The molecule has 0 bridgehead atoms. The molecule has 0 amide bonds. The van der Waals surface area contributed by atoms with Crippen LogP contribution in [0.5, 0.6) is 0 Å². The largest absolute Gasteiger partial charge is 0.337 e. The molecule has 1 aromatic carbocycles. The lowest BCUT2D eigenvalue weighted by atomic mass is 10.0. The van der Waals surface area contributed by atoms with Crippen molar-refractivity contribution in [1.29, 1.82) is 5.26 Å². The molecule has 0 saturated carbocycles. The van der Waals surface area contributed by atoms with Gasteiger partial charge in [-0.1, -0.05) is 23.4 Å². The van der Waals surface area contributed by atoms with Crippen molar-refractivity contribution >= 4 is 11.6 Å². The number of rotatable bonds is 1. The van der Waals surface area contributed by atoms with Crippen molar-refractivity contribution in [1.82, 2.24) is 5.16 Å². The second kappa shape index (κ2) is 3.95. The summed E-state index contributed by atoms with van der Waals surface area (Å²) in [6.45, 7) is 0.862. The summed E-state index contributed by atoms with van der Waals surface area (Å²) in [4.78, 5) is 2.03. The lowest BCUT2D eigenvalue weighted by Crippen LogP contribution is -2.24. The number of fused-ring (bicyclic) bond motifs is 1. The van der Waals surface area contributed by atoms with Crippen LogP contribution in [0.15, 0.2) is 35.0 Å². The molecule has 2 heterocycles. The van der Waals surface area contributed by atoms with E-state index in [4.69, 9.17) is 9.78 Å². The molecule has 0 N–H and O–H groups in total. The fraction of sp³-hybridized carbons (Fsp3) is 0.231. The molecule has 1 aromatic heterocycles. The first kappa shape index (κ1) is 9.91. The third-order valence-corrected chi connectivity index (χ3v) is 3.03. The summed E-state index contributed by atoms with van der Waals surface area (Å²) >= 11 is 0. The first-order valence-electron chi connectivity index (χ1n) is 5.60. The Morgan fingerprint density at radius 2 is 2.24 bits per heavy atom. The third-order valence-electron chi connectivity index (χ3n) is 3.03. The standard InChI is InChI=1S/C13H11N3O/c14-8-11-9-15-17-13(11)16-7-3-5-10-4-1-2-6-12(10)16/h1-2,4,6,9H,3,5,7H2. The van der Waals surface area contributed by atoms with Crippen LogP contribution in [0.1, 0.15) is 17.5 Å². The van der Waals surface area contributed by atoms with E-state index in [1.165, 1.54) is 11.8 Å². The van der Waals surface area contributed by atoms with Gasteiger partial charge in [-0.3, -0.25) is 0 Å². The Balaban J connectivity index is 2.10. The Morgan fingerprint density at radius 1 is 1.35 bits per heavy atom. The van der Waals surface area contributed by atoms with E-state index in [1.54, 1.807) is 0 Å². The smallest absolute Gasteiger partial charge is 0.249 e. The first-order chi connectivity index (χ1) is 8.40. The molecule has 3 rings (SSSR count). The molecule has 0 aliphatic carbocycles. The topological polar surface area (TPSA) is 53.1 Å². The Hall–Kier alpha value is -2.28. The quantitative estimate of drug-likeness (QED) is 0.748. The SMILES string of the molecule is N#Cc1cnoc1N1CCCc2ccccc21. The number of anilines is 2. The summed E-state index contributed by atoms with van der Waals surface area (Å²) in [7, 11) is 0. The van der Waals surface area contributed by atoms with Crippen molar-refractivity contribution in [2.45, 2.75) is 12.8 Å². The Bertz CT molecular complexity index is 582. The van der Waals surface area contributed by atoms with Crippen LogP contribution in [-0.4, -0.2) is 11.7 Å². The van der Waals surface area contributed by atoms with Gasteiger partial charge in [-0.05, 0) is 24.5 Å². The van der Waals surface area contributed by atoms with Gasteiger partial charge in [0.2, 0.25) is 5.88 Å². The van der Waals surface area contributed by atoms with Crippen molar-refractivity contribution in [2.75, 3.05) is 11.4 Å². The molecule has 0 spiro atoms. The molecule has 4 heteroatoms. The maximum atomic E-state index is 9.01. The van der Waals surface area contributed by atoms with Gasteiger partial charge in [-0.2, -0.15) is 5.26 Å². The monoisotopic (exact) mass is 225 g/mol. The number of para-hydroxylation sites is 1. The van der Waals surface area contributed by atoms with Crippen LogP contribution in [0.4, 0.5) is 11.6 Å². The predicted octanol–water partition coefficient (Wildman–Crippen LogP) is 2.63. The fourth-order valence-electron chi connectivity index (χ4n) is 2.25. The zero-order valence-corrected chi connectivity index (χ0v) is 9.26. The highest BCUT2D eigenvalue weighted by Gasteiger charge is 2.23. The number of aryl methyl sites for hydroxylation is 1. The summed E-state index contributed by atoms with van der Waals surface area (Å²) in [6.07, 6.45) is 3.60. The number of aromatic nitrogens is 1. The number of nitrogens with zero attached hydrogens (tertiary/aromatic N) is 3. The van der Waals surface area contributed by atoms with Gasteiger partial charge in [-0.15, -0.1) is 0 Å². The number of hydrogen-bond acceptors (Lipinski definition) is 4. The summed E-state index contributed by atoms with van der Waals surface area (Å²) in [5.74, 6) is 0.555. The number of nitriles is 1. The van der Waals surface area contributed by atoms with Gasteiger partial charge < -0.3 is 9.42 Å². The fourth-order valence-corrected chi connectivity index (χ4v) is 2.25. The van der Waals surface area contributed by atoms with Crippen molar-refractivity contribution in [3.05, 3.63) is 41.6 Å². The van der Waals surface area contributed by atoms with Crippen molar-refractivity contribution in [2.24, 2.45) is 0 Å². The van der Waals surface area contributed by atoms with Gasteiger partial charge in [0.15, 0.2) is 0 Å². The normalized spacial score (nSPS) is 14.2. The summed E-state index contributed by atoms with van der Waals surface area (Å²) in [5.41, 5.74) is 2.90. The van der Waals surface area contributed by atoms with E-state index < -0.39 is 0 Å². The molecule has 0 radical (unpaired) electrons. The molecule has 17 heavy (non-hydrogen) atoms. The molecule has 0 fully saturated rings. The van der Waals surface area contributed by atoms with E-state index in [1.807, 2.05) is 17.0 Å². The minimum absolute atomic E-state index is 0.488. The average Bonchev–Trinajstić information content (AvgIpc) is 2.86. The number of benzene rings is 1. The lowest BCUT2D eigenvalue weighted by Gasteiger charge is -2.28. The van der Waals surface area contributed by atoms with Crippen LogP contribution in [0.3, 0.4) is 0 Å². The van der Waals surface area contributed by atoms with E-state index in [0.717, 1.165) is 25.1 Å². The first-order valence-corrected chi connectivity index (χ1v) is 5.60. The van der Waals surface area contributed by atoms with Crippen LogP contribution in [0, 0.1) is 11.3 Å². The van der Waals surface area contributed by atoms with E-state index in [9.17, 15) is 0 Å². The van der Waals surface area contributed by atoms with Crippen molar-refractivity contribution < 1.29 is 4.52 Å². The molecular formula is C13H11N3O. The second-order valence-corrected chi connectivity index (χ2v) is 4.04. The zero-order valence-electron chi connectivity index (χ0n) is 9.26. The molecule has 0 unspecified atom stereocenters. The Morgan fingerprint density at radius 3 is 3.12 bits per heavy atom. The minimum Gasteiger partial charge on any atom is -0.337 e.